The van der Waals surface area contributed by atoms with Crippen molar-refractivity contribution in [1.29, 1.82) is 0 Å². The zero-order chi connectivity index (χ0) is 15.4. The topological polar surface area (TPSA) is 64.3 Å². The summed E-state index contributed by atoms with van der Waals surface area (Å²) in [6.07, 6.45) is 1.19. The van der Waals surface area contributed by atoms with Crippen LogP contribution in [0.5, 0.6) is 0 Å². The van der Waals surface area contributed by atoms with Crippen LogP contribution in [0.3, 0.4) is 0 Å². The van der Waals surface area contributed by atoms with Crippen molar-refractivity contribution in [1.82, 2.24) is 25.3 Å². The Labute approximate surface area is 126 Å². The van der Waals surface area contributed by atoms with E-state index in [-0.39, 0.29) is 5.91 Å². The van der Waals surface area contributed by atoms with E-state index in [0.29, 0.717) is 18.9 Å². The van der Waals surface area contributed by atoms with Crippen molar-refractivity contribution in [2.75, 3.05) is 40.3 Å². The Kier molecular flexibility index (Phi) is 5.36. The summed E-state index contributed by atoms with van der Waals surface area (Å²) >= 11 is 0. The van der Waals surface area contributed by atoms with Crippen LogP contribution in [0.2, 0.25) is 0 Å². The first-order valence-corrected chi connectivity index (χ1v) is 7.63. The maximum absolute atomic E-state index is 12.0. The van der Waals surface area contributed by atoms with Crippen molar-refractivity contribution in [2.45, 2.75) is 32.7 Å². The second kappa shape index (κ2) is 7.04. The van der Waals surface area contributed by atoms with Crippen LogP contribution in [0, 0.1) is 13.8 Å². The molecule has 6 nitrogen and oxygen atoms in total. The van der Waals surface area contributed by atoms with Crippen LogP contribution in [-0.2, 0) is 11.2 Å². The van der Waals surface area contributed by atoms with Gasteiger partial charge in [0.1, 0.15) is 0 Å². The Morgan fingerprint density at radius 2 is 2.14 bits per heavy atom. The van der Waals surface area contributed by atoms with Gasteiger partial charge in [-0.1, -0.05) is 0 Å². The SMILES string of the molecule is Cc1[nH]nc(CCC(=O)NC[C@H]2CN(C)CCN2C)c1C. The highest BCUT2D eigenvalue weighted by molar-refractivity contribution is 5.76. The minimum Gasteiger partial charge on any atom is -0.354 e. The number of hydrogen-bond acceptors (Lipinski definition) is 4. The summed E-state index contributed by atoms with van der Waals surface area (Å²) < 4.78 is 0. The number of carbonyl (C=O) groups is 1. The molecule has 1 aromatic heterocycles. The molecule has 0 unspecified atom stereocenters. The van der Waals surface area contributed by atoms with E-state index < -0.39 is 0 Å². The predicted octanol–water partition coefficient (Wildman–Crippen LogP) is 0.321. The van der Waals surface area contributed by atoms with Gasteiger partial charge in [0.15, 0.2) is 0 Å². The van der Waals surface area contributed by atoms with Crippen LogP contribution >= 0.6 is 0 Å². The van der Waals surface area contributed by atoms with Crippen LogP contribution in [0.1, 0.15) is 23.4 Å². The molecule has 0 spiro atoms. The van der Waals surface area contributed by atoms with E-state index in [1.807, 2.05) is 13.8 Å². The molecule has 0 bridgehead atoms. The highest BCUT2D eigenvalue weighted by Crippen LogP contribution is 2.10. The predicted molar refractivity (Wildman–Crippen MR) is 83.3 cm³/mol. The lowest BCUT2D eigenvalue weighted by Crippen LogP contribution is -2.54. The number of piperazine rings is 1. The first-order chi connectivity index (χ1) is 9.97. The normalized spacial score (nSPS) is 20.7. The summed E-state index contributed by atoms with van der Waals surface area (Å²) in [6, 6.07) is 0.405. The largest absolute Gasteiger partial charge is 0.354 e. The number of aryl methyl sites for hydroxylation is 2. The lowest BCUT2D eigenvalue weighted by molar-refractivity contribution is -0.121. The number of nitrogens with zero attached hydrogens (tertiary/aromatic N) is 3. The molecule has 0 aliphatic carbocycles. The van der Waals surface area contributed by atoms with Gasteiger partial charge in [-0.2, -0.15) is 5.10 Å². The van der Waals surface area contributed by atoms with Gasteiger partial charge in [-0.15, -0.1) is 0 Å². The summed E-state index contributed by atoms with van der Waals surface area (Å²) in [5.74, 6) is 0.108. The first-order valence-electron chi connectivity index (χ1n) is 7.63. The van der Waals surface area contributed by atoms with Crippen molar-refractivity contribution in [3.05, 3.63) is 17.0 Å². The lowest BCUT2D eigenvalue weighted by Gasteiger charge is -2.37. The molecule has 2 heterocycles. The fraction of sp³-hybridized carbons (Fsp3) is 0.733. The van der Waals surface area contributed by atoms with Gasteiger partial charge in [-0.3, -0.25) is 14.8 Å². The molecule has 1 fully saturated rings. The molecule has 6 heteroatoms. The molecule has 1 saturated heterocycles. The van der Waals surface area contributed by atoms with Gasteiger partial charge in [-0.25, -0.2) is 0 Å². The maximum atomic E-state index is 12.0. The molecule has 1 aliphatic rings. The quantitative estimate of drug-likeness (QED) is 0.821. The number of carbonyl (C=O) groups excluding carboxylic acids is 1. The third-order valence-electron chi connectivity index (χ3n) is 4.46. The molecule has 2 rings (SSSR count). The van der Waals surface area contributed by atoms with Crippen molar-refractivity contribution in [3.63, 3.8) is 0 Å². The molecule has 1 aliphatic heterocycles. The van der Waals surface area contributed by atoms with E-state index in [4.69, 9.17) is 0 Å². The highest BCUT2D eigenvalue weighted by atomic mass is 16.1. The number of rotatable bonds is 5. The smallest absolute Gasteiger partial charge is 0.220 e. The van der Waals surface area contributed by atoms with Gasteiger partial charge >= 0.3 is 0 Å². The zero-order valence-corrected chi connectivity index (χ0v) is 13.6. The second-order valence-electron chi connectivity index (χ2n) is 6.12. The lowest BCUT2D eigenvalue weighted by atomic mass is 10.1. The van der Waals surface area contributed by atoms with E-state index in [1.165, 1.54) is 0 Å². The zero-order valence-electron chi connectivity index (χ0n) is 13.6. The average molecular weight is 293 g/mol. The number of likely N-dealkylation sites (N-methyl/N-ethyl adjacent to an activating group) is 2. The molecule has 1 amide bonds. The Bertz CT molecular complexity index is 484. The second-order valence-corrected chi connectivity index (χ2v) is 6.12. The van der Waals surface area contributed by atoms with E-state index >= 15 is 0 Å². The van der Waals surface area contributed by atoms with Gasteiger partial charge in [0.05, 0.1) is 5.69 Å². The van der Waals surface area contributed by atoms with E-state index in [2.05, 4.69) is 39.4 Å². The van der Waals surface area contributed by atoms with Crippen molar-refractivity contribution in [3.8, 4) is 0 Å². The molecule has 0 aromatic carbocycles. The Morgan fingerprint density at radius 3 is 2.81 bits per heavy atom. The van der Waals surface area contributed by atoms with Gasteiger partial charge in [-0.05, 0) is 33.5 Å². The first kappa shape index (κ1) is 16.0. The summed E-state index contributed by atoms with van der Waals surface area (Å²) in [5, 5.41) is 10.3. The van der Waals surface area contributed by atoms with Crippen LogP contribution in [-0.4, -0.2) is 72.2 Å². The third-order valence-corrected chi connectivity index (χ3v) is 4.46. The Morgan fingerprint density at radius 1 is 1.38 bits per heavy atom. The molecule has 0 saturated carbocycles. The van der Waals surface area contributed by atoms with Crippen LogP contribution < -0.4 is 5.32 Å². The van der Waals surface area contributed by atoms with Crippen molar-refractivity contribution in [2.24, 2.45) is 0 Å². The molecule has 21 heavy (non-hydrogen) atoms. The number of nitrogens with one attached hydrogen (secondary N) is 2. The van der Waals surface area contributed by atoms with Crippen LogP contribution in [0.15, 0.2) is 0 Å². The fourth-order valence-corrected chi connectivity index (χ4v) is 2.65. The van der Waals surface area contributed by atoms with Gasteiger partial charge in [0.25, 0.3) is 0 Å². The summed E-state index contributed by atoms with van der Waals surface area (Å²) in [6.45, 7) is 7.93. The average Bonchev–Trinajstić information content (AvgIpc) is 2.77. The molecule has 118 valence electrons. The molecular weight excluding hydrogens is 266 g/mol. The number of hydrogen-bond donors (Lipinski definition) is 2. The standard InChI is InChI=1S/C15H27N5O/c1-11-12(2)17-18-14(11)5-6-15(21)16-9-13-10-19(3)7-8-20(13)4/h13H,5-10H2,1-4H3,(H,16,21)(H,17,18)/t13-/m0/s1. The summed E-state index contributed by atoms with van der Waals surface area (Å²) in [5.41, 5.74) is 3.24. The van der Waals surface area contributed by atoms with E-state index in [9.17, 15) is 4.79 Å². The third kappa shape index (κ3) is 4.28. The monoisotopic (exact) mass is 293 g/mol. The molecule has 1 aromatic rings. The number of aromatic amines is 1. The minimum absolute atomic E-state index is 0.108. The Balaban J connectivity index is 1.73. The molecule has 2 N–H and O–H groups in total. The minimum atomic E-state index is 0.108. The maximum Gasteiger partial charge on any atom is 0.220 e. The highest BCUT2D eigenvalue weighted by Gasteiger charge is 2.22. The summed E-state index contributed by atoms with van der Waals surface area (Å²) in [7, 11) is 4.25. The number of H-pyrrole nitrogens is 1. The molecule has 0 radical (unpaired) electrons. The van der Waals surface area contributed by atoms with Gasteiger partial charge in [0.2, 0.25) is 5.91 Å². The van der Waals surface area contributed by atoms with Gasteiger partial charge < -0.3 is 10.2 Å². The Hall–Kier alpha value is -1.40. The van der Waals surface area contributed by atoms with Gasteiger partial charge in [0, 0.05) is 50.8 Å². The van der Waals surface area contributed by atoms with E-state index in [1.54, 1.807) is 0 Å². The summed E-state index contributed by atoms with van der Waals surface area (Å²) in [4.78, 5) is 16.6. The van der Waals surface area contributed by atoms with Crippen LogP contribution in [0.4, 0.5) is 0 Å². The van der Waals surface area contributed by atoms with Crippen molar-refractivity contribution >= 4 is 5.91 Å². The van der Waals surface area contributed by atoms with E-state index in [0.717, 1.165) is 43.1 Å². The fourth-order valence-electron chi connectivity index (χ4n) is 2.65. The van der Waals surface area contributed by atoms with Crippen molar-refractivity contribution < 1.29 is 4.79 Å². The number of aromatic nitrogens is 2. The number of amides is 1. The molecular formula is C15H27N5O. The van der Waals surface area contributed by atoms with Crippen LogP contribution in [0.25, 0.3) is 0 Å². The molecule has 1 atom stereocenters.